The van der Waals surface area contributed by atoms with E-state index < -0.39 is 18.5 Å². The van der Waals surface area contributed by atoms with E-state index in [-0.39, 0.29) is 11.2 Å². The second-order valence-electron chi connectivity index (χ2n) is 6.06. The molecule has 0 aliphatic rings. The van der Waals surface area contributed by atoms with E-state index >= 15 is 0 Å². The molecule has 0 aliphatic heterocycles. The first-order valence-corrected chi connectivity index (χ1v) is 9.67. The van der Waals surface area contributed by atoms with Gasteiger partial charge < -0.3 is 14.5 Å². The molecule has 1 aromatic heterocycles. The van der Waals surface area contributed by atoms with Crippen LogP contribution in [0.1, 0.15) is 16.1 Å². The van der Waals surface area contributed by atoms with Gasteiger partial charge in [0.15, 0.2) is 12.0 Å². The molecule has 0 bridgehead atoms. The van der Waals surface area contributed by atoms with Gasteiger partial charge in [-0.05, 0) is 31.2 Å². The Morgan fingerprint density at radius 1 is 1.11 bits per heavy atom. The van der Waals surface area contributed by atoms with Gasteiger partial charge in [-0.15, -0.1) is 11.8 Å². The summed E-state index contributed by atoms with van der Waals surface area (Å²) in [6.45, 7) is 2.03. The summed E-state index contributed by atoms with van der Waals surface area (Å²) in [6.07, 6.45) is 0. The molecule has 0 spiro atoms. The molecule has 28 heavy (non-hydrogen) atoms. The van der Waals surface area contributed by atoms with Crippen LogP contribution in [-0.2, 0) is 9.53 Å². The molecular weight excluding hydrogens is 378 g/mol. The molecule has 3 rings (SSSR count). The van der Waals surface area contributed by atoms with Crippen molar-refractivity contribution in [2.75, 3.05) is 18.9 Å². The lowest BCUT2D eigenvalue weighted by atomic mass is 10.2. The lowest BCUT2D eigenvalue weighted by molar-refractivity contribution is -0.124. The van der Waals surface area contributed by atoms with E-state index in [2.05, 4.69) is 5.32 Å². The number of hydrogen-bond donors (Lipinski definition) is 1. The summed E-state index contributed by atoms with van der Waals surface area (Å²) in [5.74, 6) is -0.804. The molecule has 0 aliphatic carbocycles. The number of carbonyl (C=O) groups is 2. The Morgan fingerprint density at radius 2 is 1.86 bits per heavy atom. The number of esters is 1. The number of nitrogens with one attached hydrogen (secondary N) is 1. The van der Waals surface area contributed by atoms with Crippen LogP contribution < -0.4 is 10.7 Å². The van der Waals surface area contributed by atoms with Crippen LogP contribution in [0.4, 0.5) is 0 Å². The van der Waals surface area contributed by atoms with Crippen LogP contribution >= 0.6 is 11.8 Å². The zero-order chi connectivity index (χ0) is 19.9. The summed E-state index contributed by atoms with van der Waals surface area (Å²) in [6, 6.07) is 15.8. The van der Waals surface area contributed by atoms with E-state index in [1.807, 2.05) is 31.2 Å². The van der Waals surface area contributed by atoms with E-state index in [0.29, 0.717) is 23.3 Å². The summed E-state index contributed by atoms with van der Waals surface area (Å²) in [4.78, 5) is 37.0. The minimum Gasteiger partial charge on any atom is -0.450 e. The van der Waals surface area contributed by atoms with E-state index in [1.54, 1.807) is 36.0 Å². The quantitative estimate of drug-likeness (QED) is 0.374. The molecule has 1 heterocycles. The first-order chi connectivity index (χ1) is 13.5. The number of hydrogen-bond acceptors (Lipinski definition) is 6. The SMILES string of the molecule is Cc1ccc(SCCNC(=O)COC(=O)c2cc(=O)c3ccccc3o2)cc1. The largest absolute Gasteiger partial charge is 0.450 e. The van der Waals surface area contributed by atoms with Crippen LogP contribution in [0.5, 0.6) is 0 Å². The molecule has 0 saturated carbocycles. The van der Waals surface area contributed by atoms with E-state index in [9.17, 15) is 14.4 Å². The van der Waals surface area contributed by atoms with Gasteiger partial charge in [0.05, 0.1) is 5.39 Å². The minimum absolute atomic E-state index is 0.230. The lowest BCUT2D eigenvalue weighted by Crippen LogP contribution is -2.30. The standard InChI is InChI=1S/C21H19NO5S/c1-14-6-8-15(9-7-14)28-11-10-22-20(24)13-26-21(25)19-12-17(23)16-4-2-3-5-18(16)27-19/h2-9,12H,10-11,13H2,1H3,(H,22,24). The average molecular weight is 397 g/mol. The summed E-state index contributed by atoms with van der Waals surface area (Å²) < 4.78 is 10.3. The maximum Gasteiger partial charge on any atom is 0.374 e. The van der Waals surface area contributed by atoms with E-state index in [1.165, 1.54) is 5.56 Å². The summed E-state index contributed by atoms with van der Waals surface area (Å²) in [7, 11) is 0. The maximum absolute atomic E-state index is 12.0. The molecule has 1 N–H and O–H groups in total. The zero-order valence-electron chi connectivity index (χ0n) is 15.3. The van der Waals surface area contributed by atoms with Gasteiger partial charge in [0, 0.05) is 23.3 Å². The minimum atomic E-state index is -0.855. The zero-order valence-corrected chi connectivity index (χ0v) is 16.1. The molecule has 0 unspecified atom stereocenters. The van der Waals surface area contributed by atoms with Gasteiger partial charge in [0.1, 0.15) is 5.58 Å². The van der Waals surface area contributed by atoms with Crippen molar-refractivity contribution in [1.29, 1.82) is 0 Å². The molecule has 1 amide bonds. The first kappa shape index (κ1) is 19.7. The van der Waals surface area contributed by atoms with Crippen molar-refractivity contribution < 1.29 is 18.7 Å². The molecule has 0 fully saturated rings. The van der Waals surface area contributed by atoms with Crippen molar-refractivity contribution in [2.45, 2.75) is 11.8 Å². The molecule has 144 valence electrons. The van der Waals surface area contributed by atoms with Crippen LogP contribution in [-0.4, -0.2) is 30.8 Å². The fraction of sp³-hybridized carbons (Fsp3) is 0.190. The van der Waals surface area contributed by atoms with Gasteiger partial charge in [0.2, 0.25) is 5.76 Å². The van der Waals surface area contributed by atoms with Crippen molar-refractivity contribution in [3.8, 4) is 0 Å². The van der Waals surface area contributed by atoms with Crippen molar-refractivity contribution in [2.24, 2.45) is 0 Å². The Labute approximate surface area is 165 Å². The highest BCUT2D eigenvalue weighted by Gasteiger charge is 2.15. The summed E-state index contributed by atoms with van der Waals surface area (Å²) in [5, 5.41) is 3.06. The second kappa shape index (κ2) is 9.23. The fourth-order valence-corrected chi connectivity index (χ4v) is 3.22. The Morgan fingerprint density at radius 3 is 2.64 bits per heavy atom. The van der Waals surface area contributed by atoms with Crippen molar-refractivity contribution in [3.63, 3.8) is 0 Å². The van der Waals surface area contributed by atoms with Crippen LogP contribution in [0.25, 0.3) is 11.0 Å². The Hall–Kier alpha value is -3.06. The van der Waals surface area contributed by atoms with Crippen LogP contribution in [0, 0.1) is 6.92 Å². The van der Waals surface area contributed by atoms with Crippen molar-refractivity contribution in [1.82, 2.24) is 5.32 Å². The number of para-hydroxylation sites is 1. The second-order valence-corrected chi connectivity index (χ2v) is 7.23. The fourth-order valence-electron chi connectivity index (χ4n) is 2.45. The van der Waals surface area contributed by atoms with Gasteiger partial charge in [-0.25, -0.2) is 4.79 Å². The number of amides is 1. The third kappa shape index (κ3) is 5.23. The van der Waals surface area contributed by atoms with Crippen LogP contribution in [0.15, 0.2) is 68.7 Å². The predicted octanol–water partition coefficient (Wildman–Crippen LogP) is 3.17. The van der Waals surface area contributed by atoms with Crippen molar-refractivity contribution in [3.05, 3.63) is 76.1 Å². The predicted molar refractivity (Wildman–Crippen MR) is 108 cm³/mol. The normalized spacial score (nSPS) is 10.6. The molecule has 0 saturated heterocycles. The Balaban J connectivity index is 1.44. The van der Waals surface area contributed by atoms with Gasteiger partial charge in [-0.3, -0.25) is 9.59 Å². The summed E-state index contributed by atoms with van der Waals surface area (Å²) >= 11 is 1.62. The van der Waals surface area contributed by atoms with Gasteiger partial charge in [0.25, 0.3) is 5.91 Å². The topological polar surface area (TPSA) is 85.6 Å². The highest BCUT2D eigenvalue weighted by molar-refractivity contribution is 7.99. The van der Waals surface area contributed by atoms with Gasteiger partial charge in [-0.2, -0.15) is 0 Å². The smallest absolute Gasteiger partial charge is 0.374 e. The Kier molecular flexibility index (Phi) is 6.49. The molecule has 2 aromatic carbocycles. The van der Waals surface area contributed by atoms with Gasteiger partial charge in [-0.1, -0.05) is 29.8 Å². The highest BCUT2D eigenvalue weighted by Crippen LogP contribution is 2.17. The van der Waals surface area contributed by atoms with E-state index in [0.717, 1.165) is 11.0 Å². The van der Waals surface area contributed by atoms with Gasteiger partial charge >= 0.3 is 5.97 Å². The lowest BCUT2D eigenvalue weighted by Gasteiger charge is -2.07. The number of ether oxygens (including phenoxy) is 1. The monoisotopic (exact) mass is 397 g/mol. The van der Waals surface area contributed by atoms with Crippen molar-refractivity contribution >= 4 is 34.6 Å². The third-order valence-electron chi connectivity index (χ3n) is 3.88. The number of rotatable bonds is 7. The Bertz CT molecular complexity index is 1040. The molecule has 6 nitrogen and oxygen atoms in total. The number of thioether (sulfide) groups is 1. The number of benzene rings is 2. The summed E-state index contributed by atoms with van der Waals surface area (Å²) in [5.41, 5.74) is 1.15. The number of carbonyl (C=O) groups excluding carboxylic acids is 2. The first-order valence-electron chi connectivity index (χ1n) is 8.69. The molecule has 7 heteroatoms. The van der Waals surface area contributed by atoms with E-state index in [4.69, 9.17) is 9.15 Å². The number of fused-ring (bicyclic) bond motifs is 1. The molecular formula is C21H19NO5S. The molecule has 0 radical (unpaired) electrons. The third-order valence-corrected chi connectivity index (χ3v) is 4.90. The molecule has 0 atom stereocenters. The number of aryl methyl sites for hydroxylation is 1. The van der Waals surface area contributed by atoms with Crippen LogP contribution in [0.3, 0.4) is 0 Å². The molecule has 3 aromatic rings. The average Bonchev–Trinajstić information content (AvgIpc) is 2.70. The highest BCUT2D eigenvalue weighted by atomic mass is 32.2. The van der Waals surface area contributed by atoms with Crippen LogP contribution in [0.2, 0.25) is 0 Å². The maximum atomic E-state index is 12.0.